The molecule has 0 radical (unpaired) electrons. The molecule has 0 aromatic rings. The van der Waals surface area contributed by atoms with Gasteiger partial charge in [-0.05, 0) is 20.8 Å². The summed E-state index contributed by atoms with van der Waals surface area (Å²) in [6.07, 6.45) is 0. The Bertz CT molecular complexity index is 243. The summed E-state index contributed by atoms with van der Waals surface area (Å²) in [7, 11) is 3.42. The van der Waals surface area contributed by atoms with Crippen LogP contribution in [0.2, 0.25) is 0 Å². The van der Waals surface area contributed by atoms with E-state index >= 15 is 0 Å². The lowest BCUT2D eigenvalue weighted by atomic mass is 10.0. The largest absolute Gasteiger partial charge is 0.467 e. The summed E-state index contributed by atoms with van der Waals surface area (Å²) in [6, 6.07) is 0.561. The molecule has 0 spiro atoms. The van der Waals surface area contributed by atoms with Crippen molar-refractivity contribution in [2.24, 2.45) is 10.1 Å². The Morgan fingerprint density at radius 3 is 2.50 bits per heavy atom. The van der Waals surface area contributed by atoms with Crippen LogP contribution in [-0.4, -0.2) is 36.4 Å². The van der Waals surface area contributed by atoms with Gasteiger partial charge in [-0.2, -0.15) is 5.10 Å². The number of amidine groups is 1. The number of aliphatic imine (C=N–C) groups is 1. The molecule has 0 aromatic heterocycles. The summed E-state index contributed by atoms with van der Waals surface area (Å²) in [6.45, 7) is 5.99. The zero-order chi connectivity index (χ0) is 9.35. The number of ether oxygens (including phenoxy) is 1. The molecule has 1 aliphatic rings. The molecule has 4 heteroatoms. The fourth-order valence-corrected chi connectivity index (χ4v) is 0.960. The Kier molecular flexibility index (Phi) is 2.08. The first-order valence-electron chi connectivity index (χ1n) is 3.90. The number of rotatable bonds is 0. The van der Waals surface area contributed by atoms with Crippen molar-refractivity contribution < 1.29 is 4.74 Å². The Morgan fingerprint density at radius 1 is 1.42 bits per heavy atom. The summed E-state index contributed by atoms with van der Waals surface area (Å²) >= 11 is 0. The summed E-state index contributed by atoms with van der Waals surface area (Å²) in [5.74, 6) is 0. The molecular weight excluding hydrogens is 154 g/mol. The molecule has 68 valence electrons. The maximum atomic E-state index is 5.06. The van der Waals surface area contributed by atoms with Crippen LogP contribution < -0.4 is 0 Å². The zero-order valence-electron chi connectivity index (χ0n) is 8.25. The highest BCUT2D eigenvalue weighted by Gasteiger charge is 2.27. The fraction of sp³-hybridized carbons (Fsp3) is 0.750. The molecule has 1 rings (SSSR count). The molecule has 0 fully saturated rings. The van der Waals surface area contributed by atoms with Gasteiger partial charge in [0, 0.05) is 7.05 Å². The van der Waals surface area contributed by atoms with Crippen LogP contribution in [-0.2, 0) is 4.74 Å². The van der Waals surface area contributed by atoms with E-state index in [-0.39, 0.29) is 5.54 Å². The van der Waals surface area contributed by atoms with Crippen LogP contribution in [0.25, 0.3) is 0 Å². The van der Waals surface area contributed by atoms with Crippen molar-refractivity contribution in [3.05, 3.63) is 0 Å². The van der Waals surface area contributed by atoms with E-state index in [4.69, 9.17) is 4.74 Å². The second-order valence-electron chi connectivity index (χ2n) is 3.37. The second kappa shape index (κ2) is 2.77. The van der Waals surface area contributed by atoms with Crippen LogP contribution in [0.1, 0.15) is 20.8 Å². The van der Waals surface area contributed by atoms with Crippen LogP contribution in [0.4, 0.5) is 0 Å². The molecule has 0 aliphatic carbocycles. The lowest BCUT2D eigenvalue weighted by Gasteiger charge is -2.29. The maximum absolute atomic E-state index is 5.06. The van der Waals surface area contributed by atoms with Gasteiger partial charge in [-0.25, -0.2) is 10.0 Å². The summed E-state index contributed by atoms with van der Waals surface area (Å²) < 4.78 is 5.06. The molecule has 0 atom stereocenters. The first kappa shape index (κ1) is 9.03. The zero-order valence-corrected chi connectivity index (χ0v) is 8.25. The first-order valence-corrected chi connectivity index (χ1v) is 3.90. The summed E-state index contributed by atoms with van der Waals surface area (Å²) in [5.41, 5.74) is 0.753. The summed E-state index contributed by atoms with van der Waals surface area (Å²) in [4.78, 5) is 4.38. The van der Waals surface area contributed by atoms with Gasteiger partial charge in [-0.1, -0.05) is 0 Å². The molecule has 0 aromatic carbocycles. The van der Waals surface area contributed by atoms with Crippen LogP contribution in [0, 0.1) is 0 Å². The lowest BCUT2D eigenvalue weighted by Crippen LogP contribution is -2.39. The lowest BCUT2D eigenvalue weighted by molar-refractivity contribution is 0.299. The quantitative estimate of drug-likeness (QED) is 0.544. The maximum Gasteiger partial charge on any atom is 0.308 e. The van der Waals surface area contributed by atoms with E-state index in [1.54, 1.807) is 12.1 Å². The smallest absolute Gasteiger partial charge is 0.308 e. The monoisotopic (exact) mass is 169 g/mol. The van der Waals surface area contributed by atoms with Gasteiger partial charge in [0.25, 0.3) is 0 Å². The highest BCUT2D eigenvalue weighted by Crippen LogP contribution is 2.17. The molecule has 0 amide bonds. The normalized spacial score (nSPS) is 21.6. The summed E-state index contributed by atoms with van der Waals surface area (Å²) in [5, 5.41) is 5.92. The van der Waals surface area contributed by atoms with Crippen LogP contribution in [0.5, 0.6) is 0 Å². The highest BCUT2D eigenvalue weighted by molar-refractivity contribution is 5.95. The third kappa shape index (κ3) is 1.42. The number of hydrogen-bond donors (Lipinski definition) is 0. The number of hydrazone groups is 1. The van der Waals surface area contributed by atoms with Gasteiger partial charge in [0.15, 0.2) is 0 Å². The molecule has 1 heterocycles. The average molecular weight is 169 g/mol. The van der Waals surface area contributed by atoms with Crippen molar-refractivity contribution in [2.75, 3.05) is 14.2 Å². The third-order valence-corrected chi connectivity index (χ3v) is 2.02. The van der Waals surface area contributed by atoms with Gasteiger partial charge < -0.3 is 4.74 Å². The standard InChI is InChI=1S/C8H15N3O/c1-6-8(2,3)9-7(12-5)11(4)10-6/h1-5H3. The minimum absolute atomic E-state index is 0.238. The van der Waals surface area contributed by atoms with Gasteiger partial charge in [0.2, 0.25) is 0 Å². The molecule has 1 aliphatic heterocycles. The van der Waals surface area contributed by atoms with Gasteiger partial charge in [-0.15, -0.1) is 0 Å². The van der Waals surface area contributed by atoms with Gasteiger partial charge in [0.05, 0.1) is 12.8 Å². The minimum atomic E-state index is -0.238. The predicted octanol–water partition coefficient (Wildman–Crippen LogP) is 1.09. The Hall–Kier alpha value is -1.06. The molecular formula is C8H15N3O. The SMILES string of the molecule is COC1=NC(C)(C)C(C)=NN1C. The van der Waals surface area contributed by atoms with E-state index in [2.05, 4.69) is 10.1 Å². The molecule has 0 saturated carbocycles. The Labute approximate surface area is 72.9 Å². The Balaban J connectivity index is 2.97. The molecule has 0 bridgehead atoms. The van der Waals surface area contributed by atoms with Crippen molar-refractivity contribution in [2.45, 2.75) is 26.3 Å². The topological polar surface area (TPSA) is 37.2 Å². The van der Waals surface area contributed by atoms with Crippen molar-refractivity contribution in [3.8, 4) is 0 Å². The van der Waals surface area contributed by atoms with Gasteiger partial charge in [0.1, 0.15) is 5.54 Å². The van der Waals surface area contributed by atoms with Crippen LogP contribution >= 0.6 is 0 Å². The fourth-order valence-electron chi connectivity index (χ4n) is 0.960. The van der Waals surface area contributed by atoms with E-state index in [1.807, 2.05) is 27.8 Å². The number of hydrogen-bond acceptors (Lipinski definition) is 4. The Morgan fingerprint density at radius 2 is 2.00 bits per heavy atom. The van der Waals surface area contributed by atoms with Crippen molar-refractivity contribution in [3.63, 3.8) is 0 Å². The van der Waals surface area contributed by atoms with Crippen LogP contribution in [0.15, 0.2) is 10.1 Å². The number of methoxy groups -OCH3 is 1. The van der Waals surface area contributed by atoms with E-state index < -0.39 is 0 Å². The molecule has 4 nitrogen and oxygen atoms in total. The predicted molar refractivity (Wildman–Crippen MR) is 49.4 cm³/mol. The average Bonchev–Trinajstić information content (AvgIpc) is 1.97. The molecule has 0 N–H and O–H groups in total. The van der Waals surface area contributed by atoms with Crippen molar-refractivity contribution in [1.82, 2.24) is 5.01 Å². The van der Waals surface area contributed by atoms with E-state index in [0.717, 1.165) is 5.71 Å². The molecule has 0 unspecified atom stereocenters. The van der Waals surface area contributed by atoms with Crippen molar-refractivity contribution in [1.29, 1.82) is 0 Å². The number of nitrogens with zero attached hydrogens (tertiary/aromatic N) is 3. The third-order valence-electron chi connectivity index (χ3n) is 2.02. The second-order valence-corrected chi connectivity index (χ2v) is 3.37. The van der Waals surface area contributed by atoms with Gasteiger partial charge >= 0.3 is 6.02 Å². The van der Waals surface area contributed by atoms with Crippen LogP contribution in [0.3, 0.4) is 0 Å². The highest BCUT2D eigenvalue weighted by atomic mass is 16.5. The van der Waals surface area contributed by atoms with Crippen molar-refractivity contribution >= 4 is 11.7 Å². The van der Waals surface area contributed by atoms with E-state index in [1.165, 1.54) is 0 Å². The van der Waals surface area contributed by atoms with Gasteiger partial charge in [-0.3, -0.25) is 0 Å². The van der Waals surface area contributed by atoms with E-state index in [9.17, 15) is 0 Å². The molecule has 0 saturated heterocycles. The first-order chi connectivity index (χ1) is 5.47. The van der Waals surface area contributed by atoms with E-state index in [0.29, 0.717) is 6.02 Å². The molecule has 12 heavy (non-hydrogen) atoms. The minimum Gasteiger partial charge on any atom is -0.467 e.